The van der Waals surface area contributed by atoms with Crippen LogP contribution in [-0.4, -0.2) is 35.1 Å². The molecule has 1 aliphatic heterocycles. The van der Waals surface area contributed by atoms with Gasteiger partial charge in [-0.25, -0.2) is 0 Å². The monoisotopic (exact) mass is 185 g/mol. The Hall–Kier alpha value is -0.570. The Kier molecular flexibility index (Phi) is 2.96. The minimum absolute atomic E-state index is 0.0956. The van der Waals surface area contributed by atoms with Gasteiger partial charge in [0.2, 0.25) is 0 Å². The lowest BCUT2D eigenvalue weighted by Crippen LogP contribution is -2.42. The summed E-state index contributed by atoms with van der Waals surface area (Å²) in [5, 5.41) is 8.77. The van der Waals surface area contributed by atoms with Crippen molar-refractivity contribution in [1.82, 2.24) is 4.90 Å². The van der Waals surface area contributed by atoms with Gasteiger partial charge in [0, 0.05) is 12.0 Å². The summed E-state index contributed by atoms with van der Waals surface area (Å²) in [5.74, 6) is -0.347. The van der Waals surface area contributed by atoms with Crippen LogP contribution in [0.4, 0.5) is 0 Å². The third kappa shape index (κ3) is 1.85. The summed E-state index contributed by atoms with van der Waals surface area (Å²) in [6.07, 6.45) is 2.36. The summed E-state index contributed by atoms with van der Waals surface area (Å²) >= 11 is 0. The van der Waals surface area contributed by atoms with Crippen LogP contribution in [0, 0.1) is 5.92 Å². The fourth-order valence-electron chi connectivity index (χ4n) is 2.32. The van der Waals surface area contributed by atoms with Crippen molar-refractivity contribution in [1.29, 1.82) is 0 Å². The maximum Gasteiger partial charge on any atom is 0.303 e. The van der Waals surface area contributed by atoms with E-state index in [1.54, 1.807) is 0 Å². The van der Waals surface area contributed by atoms with E-state index in [0.29, 0.717) is 12.3 Å². The van der Waals surface area contributed by atoms with Crippen LogP contribution in [0.3, 0.4) is 0 Å². The Morgan fingerprint density at radius 3 is 2.77 bits per heavy atom. The van der Waals surface area contributed by atoms with Gasteiger partial charge in [-0.05, 0) is 39.3 Å². The highest BCUT2D eigenvalue weighted by molar-refractivity contribution is 5.67. The van der Waals surface area contributed by atoms with Gasteiger partial charge in [-0.15, -0.1) is 0 Å². The molecule has 13 heavy (non-hydrogen) atoms. The molecule has 0 bridgehead atoms. The van der Waals surface area contributed by atoms with Crippen molar-refractivity contribution in [3.8, 4) is 0 Å². The third-order valence-corrected chi connectivity index (χ3v) is 3.70. The van der Waals surface area contributed by atoms with Gasteiger partial charge in [0.1, 0.15) is 0 Å². The summed E-state index contributed by atoms with van der Waals surface area (Å²) in [4.78, 5) is 12.9. The fraction of sp³-hybridized carbons (Fsp3) is 0.900. The van der Waals surface area contributed by atoms with E-state index < -0.39 is 5.97 Å². The summed E-state index contributed by atoms with van der Waals surface area (Å²) in [6.45, 7) is 5.34. The maximum atomic E-state index is 10.6. The molecule has 0 spiro atoms. The zero-order valence-electron chi connectivity index (χ0n) is 8.71. The fourth-order valence-corrected chi connectivity index (χ4v) is 2.32. The molecule has 0 aromatic carbocycles. The van der Waals surface area contributed by atoms with Gasteiger partial charge < -0.3 is 10.0 Å². The molecular weight excluding hydrogens is 166 g/mol. The van der Waals surface area contributed by atoms with E-state index in [-0.39, 0.29) is 5.54 Å². The quantitative estimate of drug-likeness (QED) is 0.725. The van der Waals surface area contributed by atoms with Crippen molar-refractivity contribution in [2.45, 2.75) is 38.6 Å². The molecule has 0 aliphatic carbocycles. The number of likely N-dealkylation sites (tertiary alicyclic amines) is 1. The Labute approximate surface area is 79.7 Å². The van der Waals surface area contributed by atoms with E-state index in [4.69, 9.17) is 5.11 Å². The molecule has 0 aromatic rings. The second kappa shape index (κ2) is 3.66. The molecule has 0 amide bonds. The first-order chi connectivity index (χ1) is 6.00. The maximum absolute atomic E-state index is 10.6. The van der Waals surface area contributed by atoms with E-state index in [1.165, 1.54) is 0 Å². The van der Waals surface area contributed by atoms with Crippen LogP contribution in [0.1, 0.15) is 33.1 Å². The van der Waals surface area contributed by atoms with Crippen LogP contribution in [0.5, 0.6) is 0 Å². The van der Waals surface area contributed by atoms with E-state index in [0.717, 1.165) is 19.4 Å². The number of hydrogen-bond donors (Lipinski definition) is 1. The molecule has 2 unspecified atom stereocenters. The molecule has 1 saturated heterocycles. The predicted octanol–water partition coefficient (Wildman–Crippen LogP) is 1.58. The molecule has 76 valence electrons. The van der Waals surface area contributed by atoms with Crippen molar-refractivity contribution in [3.63, 3.8) is 0 Å². The smallest absolute Gasteiger partial charge is 0.303 e. The van der Waals surface area contributed by atoms with Crippen LogP contribution in [0.25, 0.3) is 0 Å². The van der Waals surface area contributed by atoms with Crippen LogP contribution in [-0.2, 0) is 4.79 Å². The number of carbonyl (C=O) groups is 1. The van der Waals surface area contributed by atoms with Gasteiger partial charge in [-0.1, -0.05) is 6.92 Å². The molecule has 3 nitrogen and oxygen atoms in total. The van der Waals surface area contributed by atoms with Crippen molar-refractivity contribution < 1.29 is 9.90 Å². The number of nitrogens with zero attached hydrogens (tertiary/aromatic N) is 1. The highest BCUT2D eigenvalue weighted by Gasteiger charge is 2.42. The SMILES string of the molecule is CCC1(C)C(CC(=O)O)CCN1C. The van der Waals surface area contributed by atoms with Gasteiger partial charge >= 0.3 is 5.97 Å². The number of rotatable bonds is 3. The highest BCUT2D eigenvalue weighted by Crippen LogP contribution is 2.38. The minimum Gasteiger partial charge on any atom is -0.481 e. The first-order valence-electron chi connectivity index (χ1n) is 4.93. The zero-order valence-corrected chi connectivity index (χ0v) is 8.71. The second-order valence-corrected chi connectivity index (χ2v) is 4.22. The van der Waals surface area contributed by atoms with Gasteiger partial charge in [-0.3, -0.25) is 4.79 Å². The largest absolute Gasteiger partial charge is 0.481 e. The predicted molar refractivity (Wildman–Crippen MR) is 51.7 cm³/mol. The summed E-state index contributed by atoms with van der Waals surface area (Å²) in [6, 6.07) is 0. The van der Waals surface area contributed by atoms with Crippen molar-refractivity contribution in [2.24, 2.45) is 5.92 Å². The van der Waals surface area contributed by atoms with Crippen molar-refractivity contribution in [2.75, 3.05) is 13.6 Å². The first-order valence-corrected chi connectivity index (χ1v) is 4.93. The number of hydrogen-bond acceptors (Lipinski definition) is 2. The standard InChI is InChI=1S/C10H19NO2/c1-4-10(2)8(7-9(12)13)5-6-11(10)3/h8H,4-7H2,1-3H3,(H,12,13). The Bertz CT molecular complexity index is 205. The third-order valence-electron chi connectivity index (χ3n) is 3.70. The van der Waals surface area contributed by atoms with E-state index in [9.17, 15) is 4.79 Å². The van der Waals surface area contributed by atoms with E-state index >= 15 is 0 Å². The minimum atomic E-state index is -0.667. The molecule has 1 aliphatic rings. The normalized spacial score (nSPS) is 35.2. The van der Waals surface area contributed by atoms with Crippen LogP contribution < -0.4 is 0 Å². The van der Waals surface area contributed by atoms with Gasteiger partial charge in [0.05, 0.1) is 0 Å². The Morgan fingerprint density at radius 1 is 1.69 bits per heavy atom. The van der Waals surface area contributed by atoms with Gasteiger partial charge in [0.25, 0.3) is 0 Å². The first kappa shape index (κ1) is 10.5. The van der Waals surface area contributed by atoms with Gasteiger partial charge in [-0.2, -0.15) is 0 Å². The van der Waals surface area contributed by atoms with Crippen LogP contribution in [0.2, 0.25) is 0 Å². The molecule has 1 heterocycles. The number of carboxylic acid groups (broad SMARTS) is 1. The lowest BCUT2D eigenvalue weighted by atomic mass is 9.82. The number of aliphatic carboxylic acids is 1. The zero-order chi connectivity index (χ0) is 10.1. The van der Waals surface area contributed by atoms with Crippen molar-refractivity contribution in [3.05, 3.63) is 0 Å². The molecule has 1 fully saturated rings. The molecular formula is C10H19NO2. The second-order valence-electron chi connectivity index (χ2n) is 4.22. The van der Waals surface area contributed by atoms with E-state index in [2.05, 4.69) is 25.8 Å². The van der Waals surface area contributed by atoms with Crippen LogP contribution in [0.15, 0.2) is 0 Å². The molecule has 0 radical (unpaired) electrons. The lowest BCUT2D eigenvalue weighted by molar-refractivity contribution is -0.138. The summed E-state index contributed by atoms with van der Waals surface area (Å²) < 4.78 is 0. The van der Waals surface area contributed by atoms with Gasteiger partial charge in [0.15, 0.2) is 0 Å². The molecule has 3 heteroatoms. The van der Waals surface area contributed by atoms with Crippen LogP contribution >= 0.6 is 0 Å². The summed E-state index contributed by atoms with van der Waals surface area (Å²) in [5.41, 5.74) is 0.0956. The molecule has 1 rings (SSSR count). The number of carboxylic acids is 1. The summed E-state index contributed by atoms with van der Waals surface area (Å²) in [7, 11) is 2.09. The topological polar surface area (TPSA) is 40.5 Å². The average molecular weight is 185 g/mol. The molecule has 2 atom stereocenters. The Morgan fingerprint density at radius 2 is 2.31 bits per heavy atom. The average Bonchev–Trinajstić information content (AvgIpc) is 2.33. The molecule has 0 saturated carbocycles. The molecule has 0 aromatic heterocycles. The van der Waals surface area contributed by atoms with E-state index in [1.807, 2.05) is 0 Å². The highest BCUT2D eigenvalue weighted by atomic mass is 16.4. The molecule has 1 N–H and O–H groups in total. The Balaban J connectivity index is 2.69. The van der Waals surface area contributed by atoms with Crippen molar-refractivity contribution >= 4 is 5.97 Å². The lowest BCUT2D eigenvalue weighted by Gasteiger charge is -2.36.